The van der Waals surface area contributed by atoms with Crippen LogP contribution >= 0.6 is 0 Å². The van der Waals surface area contributed by atoms with Crippen LogP contribution in [-0.2, 0) is 19.6 Å². The van der Waals surface area contributed by atoms with Crippen molar-refractivity contribution in [3.8, 4) is 0 Å². The number of rotatable bonds is 7. The second kappa shape index (κ2) is 9.32. The molecule has 1 N–H and O–H groups in total. The van der Waals surface area contributed by atoms with Crippen molar-refractivity contribution in [1.29, 1.82) is 0 Å². The first-order valence-electron chi connectivity index (χ1n) is 9.34. The minimum Gasteiger partial charge on any atom is -0.452 e. The number of ether oxygens (including phenoxy) is 1. The lowest BCUT2D eigenvalue weighted by atomic mass is 10.1. The normalized spacial score (nSPS) is 19.3. The van der Waals surface area contributed by atoms with E-state index >= 15 is 0 Å². The largest absolute Gasteiger partial charge is 0.452 e. The number of nitrogens with one attached hydrogen (secondary N) is 1. The van der Waals surface area contributed by atoms with Gasteiger partial charge in [-0.25, -0.2) is 13.2 Å². The van der Waals surface area contributed by atoms with Crippen LogP contribution in [0.5, 0.6) is 0 Å². The van der Waals surface area contributed by atoms with E-state index in [1.165, 1.54) is 28.6 Å². The van der Waals surface area contributed by atoms with Gasteiger partial charge in [0, 0.05) is 18.6 Å². The zero-order valence-corrected chi connectivity index (χ0v) is 16.9. The summed E-state index contributed by atoms with van der Waals surface area (Å²) in [4.78, 5) is 23.9. The SMILES string of the molecule is CC[C@@H](C)NC(=O)COC(=O)c1ccc(S(=O)(=O)N2CCCC[C@@H]2C)cc1. The van der Waals surface area contributed by atoms with E-state index in [0.29, 0.717) is 6.54 Å². The number of esters is 1. The molecule has 0 aromatic heterocycles. The zero-order chi connectivity index (χ0) is 20.0. The van der Waals surface area contributed by atoms with Crippen LogP contribution in [0.2, 0.25) is 0 Å². The molecule has 2 atom stereocenters. The van der Waals surface area contributed by atoms with E-state index in [9.17, 15) is 18.0 Å². The minimum absolute atomic E-state index is 0.0119. The molecule has 0 bridgehead atoms. The molecule has 2 rings (SSSR count). The second-order valence-corrected chi connectivity index (χ2v) is 8.83. The van der Waals surface area contributed by atoms with Gasteiger partial charge in [0.05, 0.1) is 10.5 Å². The van der Waals surface area contributed by atoms with Crippen molar-refractivity contribution in [1.82, 2.24) is 9.62 Å². The summed E-state index contributed by atoms with van der Waals surface area (Å²) in [5.74, 6) is -1.03. The standard InChI is InChI=1S/C19H28N2O5S/c1-4-14(2)20-18(22)13-26-19(23)16-8-10-17(11-9-16)27(24,25)21-12-6-5-7-15(21)3/h8-11,14-15H,4-7,12-13H2,1-3H3,(H,20,22)/t14-,15+/m1/s1. The number of nitrogens with zero attached hydrogens (tertiary/aromatic N) is 1. The van der Waals surface area contributed by atoms with Crippen LogP contribution in [0.3, 0.4) is 0 Å². The predicted molar refractivity (Wildman–Crippen MR) is 102 cm³/mol. The molecule has 0 spiro atoms. The summed E-state index contributed by atoms with van der Waals surface area (Å²) in [7, 11) is -3.58. The Kier molecular flexibility index (Phi) is 7.38. The van der Waals surface area contributed by atoms with E-state index in [1.807, 2.05) is 20.8 Å². The lowest BCUT2D eigenvalue weighted by Gasteiger charge is -2.32. The van der Waals surface area contributed by atoms with Crippen LogP contribution in [-0.4, -0.2) is 49.8 Å². The van der Waals surface area contributed by atoms with Gasteiger partial charge in [-0.15, -0.1) is 0 Å². The molecule has 1 aliphatic rings. The Balaban J connectivity index is 1.99. The fraction of sp³-hybridized carbons (Fsp3) is 0.579. The van der Waals surface area contributed by atoms with Gasteiger partial charge in [-0.1, -0.05) is 13.3 Å². The van der Waals surface area contributed by atoms with E-state index in [2.05, 4.69) is 5.32 Å². The Hall–Kier alpha value is -1.93. The monoisotopic (exact) mass is 396 g/mol. The van der Waals surface area contributed by atoms with Gasteiger partial charge in [-0.3, -0.25) is 4.79 Å². The van der Waals surface area contributed by atoms with Gasteiger partial charge in [0.1, 0.15) is 0 Å². The smallest absolute Gasteiger partial charge is 0.338 e. The van der Waals surface area contributed by atoms with E-state index in [1.54, 1.807) is 0 Å². The van der Waals surface area contributed by atoms with Gasteiger partial charge in [0.2, 0.25) is 10.0 Å². The second-order valence-electron chi connectivity index (χ2n) is 6.94. The maximum absolute atomic E-state index is 12.8. The Morgan fingerprint density at radius 1 is 1.26 bits per heavy atom. The molecule has 0 radical (unpaired) electrons. The first-order chi connectivity index (χ1) is 12.8. The third-order valence-electron chi connectivity index (χ3n) is 4.79. The van der Waals surface area contributed by atoms with E-state index in [0.717, 1.165) is 25.7 Å². The molecule has 150 valence electrons. The molecule has 1 aromatic rings. The van der Waals surface area contributed by atoms with Crippen LogP contribution in [0.1, 0.15) is 56.8 Å². The van der Waals surface area contributed by atoms with Crippen molar-refractivity contribution in [2.45, 2.75) is 63.4 Å². The number of amides is 1. The van der Waals surface area contributed by atoms with Crippen molar-refractivity contribution >= 4 is 21.9 Å². The fourth-order valence-electron chi connectivity index (χ4n) is 2.96. The summed E-state index contributed by atoms with van der Waals surface area (Å²) in [5, 5.41) is 2.70. The van der Waals surface area contributed by atoms with Crippen molar-refractivity contribution in [2.75, 3.05) is 13.2 Å². The van der Waals surface area contributed by atoms with Crippen molar-refractivity contribution in [3.05, 3.63) is 29.8 Å². The highest BCUT2D eigenvalue weighted by Gasteiger charge is 2.31. The number of piperidine rings is 1. The molecule has 8 heteroatoms. The third-order valence-corrected chi connectivity index (χ3v) is 6.82. The molecule has 1 fully saturated rings. The highest BCUT2D eigenvalue weighted by molar-refractivity contribution is 7.89. The first-order valence-corrected chi connectivity index (χ1v) is 10.8. The lowest BCUT2D eigenvalue weighted by molar-refractivity contribution is -0.124. The predicted octanol–water partition coefficient (Wildman–Crippen LogP) is 2.32. The van der Waals surface area contributed by atoms with Crippen LogP contribution < -0.4 is 5.32 Å². The van der Waals surface area contributed by atoms with Crippen LogP contribution in [0, 0.1) is 0 Å². The van der Waals surface area contributed by atoms with Crippen molar-refractivity contribution in [2.24, 2.45) is 0 Å². The third kappa shape index (κ3) is 5.52. The summed E-state index contributed by atoms with van der Waals surface area (Å²) >= 11 is 0. The molecule has 27 heavy (non-hydrogen) atoms. The number of carbonyl (C=O) groups excluding carboxylic acids is 2. The molecule has 0 saturated carbocycles. The molecule has 0 aliphatic carbocycles. The Bertz CT molecular complexity index is 761. The number of sulfonamides is 1. The molecule has 1 amide bonds. The Morgan fingerprint density at radius 3 is 2.52 bits per heavy atom. The number of benzene rings is 1. The molecule has 1 saturated heterocycles. The molecular weight excluding hydrogens is 368 g/mol. The Labute approximate surface area is 161 Å². The van der Waals surface area contributed by atoms with Crippen molar-refractivity contribution < 1.29 is 22.7 Å². The van der Waals surface area contributed by atoms with Crippen LogP contribution in [0.15, 0.2) is 29.2 Å². The van der Waals surface area contributed by atoms with Crippen LogP contribution in [0.25, 0.3) is 0 Å². The summed E-state index contributed by atoms with van der Waals surface area (Å²) < 4.78 is 32.1. The summed E-state index contributed by atoms with van der Waals surface area (Å²) in [6.45, 7) is 5.86. The quantitative estimate of drug-likeness (QED) is 0.714. The maximum Gasteiger partial charge on any atom is 0.338 e. The van der Waals surface area contributed by atoms with Gasteiger partial charge in [-0.05, 0) is 57.4 Å². The maximum atomic E-state index is 12.8. The number of hydrogen-bond acceptors (Lipinski definition) is 5. The van der Waals surface area contributed by atoms with Gasteiger partial charge in [0.15, 0.2) is 6.61 Å². The molecule has 1 aromatic carbocycles. The summed E-state index contributed by atoms with van der Waals surface area (Å²) in [5.41, 5.74) is 0.206. The highest BCUT2D eigenvalue weighted by Crippen LogP contribution is 2.25. The van der Waals surface area contributed by atoms with E-state index < -0.39 is 16.0 Å². The van der Waals surface area contributed by atoms with Gasteiger partial charge < -0.3 is 10.1 Å². The van der Waals surface area contributed by atoms with Gasteiger partial charge in [-0.2, -0.15) is 4.31 Å². The van der Waals surface area contributed by atoms with E-state index in [4.69, 9.17) is 4.74 Å². The summed E-state index contributed by atoms with van der Waals surface area (Å²) in [6.07, 6.45) is 3.52. The fourth-order valence-corrected chi connectivity index (χ4v) is 4.66. The zero-order valence-electron chi connectivity index (χ0n) is 16.1. The van der Waals surface area contributed by atoms with Gasteiger partial charge >= 0.3 is 5.97 Å². The Morgan fingerprint density at radius 2 is 1.93 bits per heavy atom. The molecule has 7 nitrogen and oxygen atoms in total. The average molecular weight is 397 g/mol. The topological polar surface area (TPSA) is 92.8 Å². The molecular formula is C19H28N2O5S. The molecule has 0 unspecified atom stereocenters. The lowest BCUT2D eigenvalue weighted by Crippen LogP contribution is -2.41. The summed E-state index contributed by atoms with van der Waals surface area (Å²) in [6, 6.07) is 5.63. The minimum atomic E-state index is -3.58. The number of carbonyl (C=O) groups is 2. The number of hydrogen-bond donors (Lipinski definition) is 1. The van der Waals surface area contributed by atoms with E-state index in [-0.39, 0.29) is 35.1 Å². The first kappa shape index (κ1) is 21.4. The molecule has 1 aliphatic heterocycles. The van der Waals surface area contributed by atoms with Gasteiger partial charge in [0.25, 0.3) is 5.91 Å². The molecule has 1 heterocycles. The average Bonchev–Trinajstić information content (AvgIpc) is 2.66. The van der Waals surface area contributed by atoms with Crippen molar-refractivity contribution in [3.63, 3.8) is 0 Å². The highest BCUT2D eigenvalue weighted by atomic mass is 32.2. The van der Waals surface area contributed by atoms with Crippen LogP contribution in [0.4, 0.5) is 0 Å².